The molecule has 0 unspecified atom stereocenters. The molecule has 0 aromatic rings. The summed E-state index contributed by atoms with van der Waals surface area (Å²) in [6.07, 6.45) is 1.15. The molecule has 0 aromatic heterocycles. The van der Waals surface area contributed by atoms with Crippen molar-refractivity contribution in [2.75, 3.05) is 6.61 Å². The topological polar surface area (TPSA) is 74.7 Å². The SMILES string of the molecule is CC1(C)C(=O)N(C2(CO)CC2)S1(=O)=O. The molecule has 1 aliphatic carbocycles. The minimum absolute atomic E-state index is 0.270. The number of sulfonamides is 1. The van der Waals surface area contributed by atoms with Crippen molar-refractivity contribution < 1.29 is 18.3 Å². The largest absolute Gasteiger partial charge is 0.394 e. The van der Waals surface area contributed by atoms with E-state index in [0.29, 0.717) is 12.8 Å². The maximum absolute atomic E-state index is 11.7. The first-order valence-electron chi connectivity index (χ1n) is 4.50. The van der Waals surface area contributed by atoms with Crippen molar-refractivity contribution in [1.29, 1.82) is 0 Å². The average Bonchev–Trinajstić information content (AvgIpc) is 2.85. The lowest BCUT2D eigenvalue weighted by atomic mass is 10.1. The van der Waals surface area contributed by atoms with Crippen LogP contribution < -0.4 is 0 Å². The first-order chi connectivity index (χ1) is 6.29. The van der Waals surface area contributed by atoms with E-state index in [2.05, 4.69) is 0 Å². The Morgan fingerprint density at radius 2 is 1.93 bits per heavy atom. The number of rotatable bonds is 2. The van der Waals surface area contributed by atoms with Gasteiger partial charge in [0, 0.05) is 0 Å². The summed E-state index contributed by atoms with van der Waals surface area (Å²) in [5.41, 5.74) is -0.800. The summed E-state index contributed by atoms with van der Waals surface area (Å²) in [6.45, 7) is 2.53. The van der Waals surface area contributed by atoms with Crippen molar-refractivity contribution in [3.8, 4) is 0 Å². The van der Waals surface area contributed by atoms with Gasteiger partial charge >= 0.3 is 0 Å². The lowest BCUT2D eigenvalue weighted by molar-refractivity contribution is -0.135. The highest BCUT2D eigenvalue weighted by molar-refractivity contribution is 7.94. The molecular formula is C8H13NO4S. The zero-order valence-electron chi connectivity index (χ0n) is 8.15. The van der Waals surface area contributed by atoms with Crippen LogP contribution in [0, 0.1) is 0 Å². The number of carbonyl (C=O) groups is 1. The van der Waals surface area contributed by atoms with Crippen LogP contribution in [0.3, 0.4) is 0 Å². The molecule has 1 saturated heterocycles. The molecule has 5 nitrogen and oxygen atoms in total. The van der Waals surface area contributed by atoms with Crippen molar-refractivity contribution in [2.45, 2.75) is 37.0 Å². The third-order valence-corrected chi connectivity index (χ3v) is 5.64. The Morgan fingerprint density at radius 1 is 1.43 bits per heavy atom. The van der Waals surface area contributed by atoms with Crippen LogP contribution in [-0.2, 0) is 14.8 Å². The minimum atomic E-state index is -3.53. The summed E-state index contributed by atoms with van der Waals surface area (Å²) < 4.78 is 23.0. The molecule has 0 bridgehead atoms. The Morgan fingerprint density at radius 3 is 2.21 bits per heavy atom. The second-order valence-electron chi connectivity index (χ2n) is 4.47. The molecule has 2 fully saturated rings. The quantitative estimate of drug-likeness (QED) is 0.677. The first kappa shape index (κ1) is 9.92. The molecule has 6 heteroatoms. The minimum Gasteiger partial charge on any atom is -0.394 e. The van der Waals surface area contributed by atoms with Crippen molar-refractivity contribution in [3.05, 3.63) is 0 Å². The van der Waals surface area contributed by atoms with Gasteiger partial charge < -0.3 is 5.11 Å². The van der Waals surface area contributed by atoms with E-state index in [1.165, 1.54) is 13.8 Å². The van der Waals surface area contributed by atoms with Gasteiger partial charge in [-0.2, -0.15) is 0 Å². The number of aliphatic hydroxyl groups is 1. The molecule has 2 rings (SSSR count). The Bertz CT molecular complexity index is 394. The van der Waals surface area contributed by atoms with Crippen LogP contribution in [0.25, 0.3) is 0 Å². The second kappa shape index (κ2) is 2.30. The summed E-state index contributed by atoms with van der Waals surface area (Å²) in [5.74, 6) is -0.399. The molecule has 0 atom stereocenters. The predicted molar refractivity (Wildman–Crippen MR) is 48.9 cm³/mol. The fourth-order valence-corrected chi connectivity index (χ4v) is 3.53. The van der Waals surface area contributed by atoms with Gasteiger partial charge in [0.1, 0.15) is 0 Å². The number of amides is 1. The summed E-state index contributed by atoms with van der Waals surface area (Å²) >= 11 is 0. The number of carbonyl (C=O) groups excluding carboxylic acids is 1. The van der Waals surface area contributed by atoms with Gasteiger partial charge in [-0.25, -0.2) is 12.7 Å². The number of hydrogen-bond acceptors (Lipinski definition) is 4. The number of nitrogens with zero attached hydrogens (tertiary/aromatic N) is 1. The highest BCUT2D eigenvalue weighted by Gasteiger charge is 2.69. The Balaban J connectivity index is 2.39. The van der Waals surface area contributed by atoms with Crippen LogP contribution in [-0.4, -0.2) is 40.6 Å². The Kier molecular flexibility index (Phi) is 1.63. The Labute approximate surface area is 82.8 Å². The van der Waals surface area contributed by atoms with E-state index in [1.807, 2.05) is 0 Å². The van der Waals surface area contributed by atoms with Gasteiger partial charge in [-0.05, 0) is 26.7 Å². The monoisotopic (exact) mass is 219 g/mol. The van der Waals surface area contributed by atoms with Gasteiger partial charge in [0.15, 0.2) is 4.75 Å². The standard InChI is InChI=1S/C8H13NO4S/c1-7(2)6(11)9(14(7,12)13)8(5-10)3-4-8/h10H,3-5H2,1-2H3. The van der Waals surface area contributed by atoms with Crippen LogP contribution in [0.15, 0.2) is 0 Å². The van der Waals surface area contributed by atoms with Gasteiger partial charge in [0.2, 0.25) is 0 Å². The Hall–Kier alpha value is -0.620. The van der Waals surface area contributed by atoms with E-state index in [-0.39, 0.29) is 6.61 Å². The van der Waals surface area contributed by atoms with E-state index in [4.69, 9.17) is 5.11 Å². The molecular weight excluding hydrogens is 206 g/mol. The second-order valence-corrected chi connectivity index (χ2v) is 6.80. The molecule has 2 aliphatic rings. The molecule has 1 N–H and O–H groups in total. The highest BCUT2D eigenvalue weighted by Crippen LogP contribution is 2.51. The smallest absolute Gasteiger partial charge is 0.259 e. The van der Waals surface area contributed by atoms with E-state index < -0.39 is 26.2 Å². The van der Waals surface area contributed by atoms with E-state index in [9.17, 15) is 13.2 Å². The molecule has 14 heavy (non-hydrogen) atoms. The van der Waals surface area contributed by atoms with Gasteiger partial charge in [0.05, 0.1) is 12.1 Å². The lowest BCUT2D eigenvalue weighted by Gasteiger charge is -2.47. The zero-order valence-corrected chi connectivity index (χ0v) is 8.97. The summed E-state index contributed by atoms with van der Waals surface area (Å²) in [5, 5.41) is 9.05. The highest BCUT2D eigenvalue weighted by atomic mass is 32.2. The molecule has 1 aliphatic heterocycles. The third-order valence-electron chi connectivity index (χ3n) is 3.14. The fraction of sp³-hybridized carbons (Fsp3) is 0.875. The van der Waals surface area contributed by atoms with Gasteiger partial charge in [-0.3, -0.25) is 4.79 Å². The van der Waals surface area contributed by atoms with Crippen LogP contribution >= 0.6 is 0 Å². The molecule has 1 amide bonds. The third kappa shape index (κ3) is 0.832. The van der Waals surface area contributed by atoms with Crippen LogP contribution in [0.4, 0.5) is 0 Å². The van der Waals surface area contributed by atoms with Crippen LogP contribution in [0.1, 0.15) is 26.7 Å². The van der Waals surface area contributed by atoms with Crippen molar-refractivity contribution in [1.82, 2.24) is 4.31 Å². The molecule has 1 heterocycles. The van der Waals surface area contributed by atoms with Crippen molar-refractivity contribution >= 4 is 15.9 Å². The zero-order chi connectivity index (χ0) is 10.8. The maximum Gasteiger partial charge on any atom is 0.259 e. The molecule has 1 saturated carbocycles. The fourth-order valence-electron chi connectivity index (χ4n) is 1.69. The van der Waals surface area contributed by atoms with E-state index >= 15 is 0 Å². The molecule has 80 valence electrons. The summed E-state index contributed by atoms with van der Waals surface area (Å²) in [7, 11) is -3.53. The van der Waals surface area contributed by atoms with Crippen molar-refractivity contribution in [3.63, 3.8) is 0 Å². The number of aliphatic hydroxyl groups excluding tert-OH is 1. The first-order valence-corrected chi connectivity index (χ1v) is 5.94. The van der Waals surface area contributed by atoms with Crippen molar-refractivity contribution in [2.24, 2.45) is 0 Å². The van der Waals surface area contributed by atoms with Crippen LogP contribution in [0.2, 0.25) is 0 Å². The predicted octanol–water partition coefficient (Wildman–Crippen LogP) is -0.538. The van der Waals surface area contributed by atoms with Gasteiger partial charge in [-0.15, -0.1) is 0 Å². The van der Waals surface area contributed by atoms with E-state index in [0.717, 1.165) is 4.31 Å². The molecule has 0 aromatic carbocycles. The summed E-state index contributed by atoms with van der Waals surface area (Å²) in [6, 6.07) is 0. The number of hydrogen-bond donors (Lipinski definition) is 1. The van der Waals surface area contributed by atoms with Gasteiger partial charge in [0.25, 0.3) is 15.9 Å². The normalized spacial score (nSPS) is 31.1. The van der Waals surface area contributed by atoms with Gasteiger partial charge in [-0.1, -0.05) is 0 Å². The molecule has 0 spiro atoms. The van der Waals surface area contributed by atoms with E-state index in [1.54, 1.807) is 0 Å². The average molecular weight is 219 g/mol. The molecule has 0 radical (unpaired) electrons. The maximum atomic E-state index is 11.7. The summed E-state index contributed by atoms with van der Waals surface area (Å²) in [4.78, 5) is 11.6. The van der Waals surface area contributed by atoms with Crippen LogP contribution in [0.5, 0.6) is 0 Å². The lowest BCUT2D eigenvalue weighted by Crippen LogP contribution is -2.71.